The number of aryl methyl sites for hydroxylation is 1. The fourth-order valence-electron chi connectivity index (χ4n) is 1.77. The van der Waals surface area contributed by atoms with Crippen molar-refractivity contribution in [2.45, 2.75) is 6.92 Å². The fraction of sp³-hybridized carbons (Fsp3) is 0.0909. The van der Waals surface area contributed by atoms with E-state index in [1.54, 1.807) is 12.1 Å². The molecule has 3 aromatic rings. The zero-order valence-corrected chi connectivity index (χ0v) is 9.45. The molecule has 7 nitrogen and oxygen atoms in total. The lowest BCUT2D eigenvalue weighted by Gasteiger charge is -2.04. The Kier molecular flexibility index (Phi) is 2.12. The Balaban J connectivity index is 2.38. The summed E-state index contributed by atoms with van der Waals surface area (Å²) in [4.78, 5) is 22.5. The van der Waals surface area contributed by atoms with Gasteiger partial charge in [0.2, 0.25) is 11.7 Å². The number of aromatic nitrogens is 5. The molecule has 90 valence electrons. The molecule has 0 spiro atoms. The Labute approximate surface area is 101 Å². The highest BCUT2D eigenvalue weighted by Gasteiger charge is 2.16. The van der Waals surface area contributed by atoms with Crippen LogP contribution < -0.4 is 5.56 Å². The van der Waals surface area contributed by atoms with Crippen molar-refractivity contribution in [2.75, 3.05) is 0 Å². The molecular formula is C11H9N5O2. The third kappa shape index (κ3) is 1.45. The molecule has 0 aliphatic heterocycles. The minimum absolute atomic E-state index is 0.0803. The van der Waals surface area contributed by atoms with Crippen molar-refractivity contribution < 1.29 is 5.11 Å². The molecule has 0 aliphatic rings. The van der Waals surface area contributed by atoms with Crippen LogP contribution in [0.4, 0.5) is 0 Å². The molecular weight excluding hydrogens is 234 g/mol. The van der Waals surface area contributed by atoms with Gasteiger partial charge in [-0.3, -0.25) is 14.8 Å². The van der Waals surface area contributed by atoms with Crippen LogP contribution >= 0.6 is 0 Å². The first-order valence-electron chi connectivity index (χ1n) is 5.26. The first-order valence-corrected chi connectivity index (χ1v) is 5.26. The summed E-state index contributed by atoms with van der Waals surface area (Å²) in [5.41, 5.74) is 0.777. The number of fused-ring (bicyclic) bond motifs is 1. The SMILES string of the molecule is Cc1cccc(-c2c(O)n3ncnc3[nH]c2=O)n1. The van der Waals surface area contributed by atoms with Crippen LogP contribution in [0.3, 0.4) is 0 Å². The quantitative estimate of drug-likeness (QED) is 0.648. The molecule has 2 N–H and O–H groups in total. The summed E-state index contributed by atoms with van der Waals surface area (Å²) < 4.78 is 1.15. The van der Waals surface area contributed by atoms with Crippen LogP contribution in [0.25, 0.3) is 17.0 Å². The van der Waals surface area contributed by atoms with Crippen molar-refractivity contribution in [3.8, 4) is 17.1 Å². The minimum atomic E-state index is -0.453. The number of hydrogen-bond acceptors (Lipinski definition) is 5. The summed E-state index contributed by atoms with van der Waals surface area (Å²) in [7, 11) is 0. The van der Waals surface area contributed by atoms with Crippen LogP contribution in [0.5, 0.6) is 5.88 Å². The number of hydrogen-bond donors (Lipinski definition) is 2. The average Bonchev–Trinajstić information content (AvgIpc) is 2.77. The molecule has 3 rings (SSSR count). The van der Waals surface area contributed by atoms with Crippen LogP contribution in [0.15, 0.2) is 29.3 Å². The van der Waals surface area contributed by atoms with Gasteiger partial charge in [-0.25, -0.2) is 0 Å². The summed E-state index contributed by atoms with van der Waals surface area (Å²) in [6.45, 7) is 1.81. The maximum atomic E-state index is 11.9. The molecule has 0 amide bonds. The van der Waals surface area contributed by atoms with Crippen LogP contribution in [0.2, 0.25) is 0 Å². The molecule has 0 atom stereocenters. The Bertz CT molecular complexity index is 789. The summed E-state index contributed by atoms with van der Waals surface area (Å²) in [5, 5.41) is 13.9. The van der Waals surface area contributed by atoms with E-state index in [2.05, 4.69) is 20.1 Å². The van der Waals surface area contributed by atoms with Gasteiger partial charge in [-0.1, -0.05) is 6.07 Å². The predicted molar refractivity (Wildman–Crippen MR) is 63.2 cm³/mol. The molecule has 18 heavy (non-hydrogen) atoms. The number of pyridine rings is 1. The van der Waals surface area contributed by atoms with E-state index in [1.807, 2.05) is 13.0 Å². The van der Waals surface area contributed by atoms with Gasteiger partial charge in [0.1, 0.15) is 11.9 Å². The number of rotatable bonds is 1. The topological polar surface area (TPSA) is 96.2 Å². The lowest BCUT2D eigenvalue weighted by Crippen LogP contribution is -2.13. The van der Waals surface area contributed by atoms with Crippen molar-refractivity contribution in [2.24, 2.45) is 0 Å². The molecule has 3 heterocycles. The number of aromatic amines is 1. The predicted octanol–water partition coefficient (Wildman–Crippen LogP) is 0.494. The van der Waals surface area contributed by atoms with Crippen LogP contribution in [-0.4, -0.2) is 29.7 Å². The molecule has 0 saturated carbocycles. The number of nitrogens with one attached hydrogen (secondary N) is 1. The molecule has 0 aromatic carbocycles. The van der Waals surface area contributed by atoms with Gasteiger partial charge >= 0.3 is 0 Å². The Morgan fingerprint density at radius 3 is 3.00 bits per heavy atom. The van der Waals surface area contributed by atoms with E-state index >= 15 is 0 Å². The monoisotopic (exact) mass is 243 g/mol. The van der Waals surface area contributed by atoms with Crippen molar-refractivity contribution >= 4 is 5.78 Å². The van der Waals surface area contributed by atoms with Gasteiger partial charge in [-0.05, 0) is 19.1 Å². The summed E-state index contributed by atoms with van der Waals surface area (Å²) in [6, 6.07) is 5.23. The fourth-order valence-corrected chi connectivity index (χ4v) is 1.77. The number of aromatic hydroxyl groups is 1. The largest absolute Gasteiger partial charge is 0.493 e. The smallest absolute Gasteiger partial charge is 0.265 e. The first kappa shape index (κ1) is 10.5. The van der Waals surface area contributed by atoms with Crippen LogP contribution in [0.1, 0.15) is 5.69 Å². The first-order chi connectivity index (χ1) is 8.66. The Hall–Kier alpha value is -2.70. The van der Waals surface area contributed by atoms with E-state index in [4.69, 9.17) is 0 Å². The normalized spacial score (nSPS) is 10.9. The van der Waals surface area contributed by atoms with Gasteiger partial charge in [0.15, 0.2) is 0 Å². The number of nitrogens with zero attached hydrogens (tertiary/aromatic N) is 4. The van der Waals surface area contributed by atoms with Crippen molar-refractivity contribution in [3.05, 3.63) is 40.6 Å². The molecule has 0 fully saturated rings. The van der Waals surface area contributed by atoms with Crippen molar-refractivity contribution in [1.82, 2.24) is 24.6 Å². The maximum absolute atomic E-state index is 11.9. The molecule has 0 bridgehead atoms. The van der Waals surface area contributed by atoms with Gasteiger partial charge in [0, 0.05) is 5.69 Å². The highest BCUT2D eigenvalue weighted by atomic mass is 16.3. The summed E-state index contributed by atoms with van der Waals surface area (Å²) in [5.74, 6) is -0.0850. The molecule has 3 aromatic heterocycles. The lowest BCUT2D eigenvalue weighted by atomic mass is 10.2. The standard InChI is InChI=1S/C11H9N5O2/c1-6-3-2-4-7(14-6)8-9(17)15-11-12-5-13-16(11)10(8)18/h2-5,18H,1H3,(H,12,13,15,17). The Morgan fingerprint density at radius 2 is 2.22 bits per heavy atom. The second-order valence-corrected chi connectivity index (χ2v) is 3.81. The molecule has 0 radical (unpaired) electrons. The van der Waals surface area contributed by atoms with E-state index in [0.717, 1.165) is 10.2 Å². The zero-order chi connectivity index (χ0) is 12.7. The van der Waals surface area contributed by atoms with E-state index in [-0.39, 0.29) is 17.2 Å². The van der Waals surface area contributed by atoms with E-state index in [9.17, 15) is 9.90 Å². The zero-order valence-electron chi connectivity index (χ0n) is 9.45. The Morgan fingerprint density at radius 1 is 1.39 bits per heavy atom. The second-order valence-electron chi connectivity index (χ2n) is 3.81. The van der Waals surface area contributed by atoms with Gasteiger partial charge in [-0.15, -0.1) is 0 Å². The highest BCUT2D eigenvalue weighted by Crippen LogP contribution is 2.22. The highest BCUT2D eigenvalue weighted by molar-refractivity contribution is 5.65. The number of H-pyrrole nitrogens is 1. The van der Waals surface area contributed by atoms with Crippen molar-refractivity contribution in [3.63, 3.8) is 0 Å². The van der Waals surface area contributed by atoms with Gasteiger partial charge in [-0.2, -0.15) is 14.6 Å². The molecule has 0 aliphatic carbocycles. The van der Waals surface area contributed by atoms with Crippen molar-refractivity contribution in [1.29, 1.82) is 0 Å². The third-order valence-corrected chi connectivity index (χ3v) is 2.57. The molecule has 0 saturated heterocycles. The summed E-state index contributed by atoms with van der Waals surface area (Å²) >= 11 is 0. The van der Waals surface area contributed by atoms with E-state index in [0.29, 0.717) is 5.69 Å². The van der Waals surface area contributed by atoms with Gasteiger partial charge < -0.3 is 5.11 Å². The van der Waals surface area contributed by atoms with Crippen LogP contribution in [-0.2, 0) is 0 Å². The minimum Gasteiger partial charge on any atom is -0.493 e. The third-order valence-electron chi connectivity index (χ3n) is 2.57. The average molecular weight is 243 g/mol. The molecule has 7 heteroatoms. The van der Waals surface area contributed by atoms with Gasteiger partial charge in [0.05, 0.1) is 5.69 Å². The van der Waals surface area contributed by atoms with E-state index in [1.165, 1.54) is 6.33 Å². The maximum Gasteiger partial charge on any atom is 0.265 e. The second kappa shape index (κ2) is 3.66. The lowest BCUT2D eigenvalue weighted by molar-refractivity contribution is 0.436. The van der Waals surface area contributed by atoms with Gasteiger partial charge in [0.25, 0.3) is 5.56 Å². The van der Waals surface area contributed by atoms with E-state index < -0.39 is 5.56 Å². The van der Waals surface area contributed by atoms with Crippen LogP contribution in [0, 0.1) is 6.92 Å². The molecule has 0 unspecified atom stereocenters. The summed E-state index contributed by atoms with van der Waals surface area (Å²) in [6.07, 6.45) is 1.25.